The maximum atomic E-state index is 11.8. The van der Waals surface area contributed by atoms with Crippen LogP contribution in [0.15, 0.2) is 66.7 Å². The standard InChI is InChI=1S/C26H34N2O4Si/c1-6-30-25(29)23-19-24(28-27-23)32-20(2)17-18-31-33(26(3,4)5,21-13-9-7-10-14-21)22-15-11-8-12-16-22/h7-16,19-20H,6,17-18H2,1-5H3,(H,27,28). The lowest BCUT2D eigenvalue weighted by Gasteiger charge is -2.43. The Morgan fingerprint density at radius 1 is 1.03 bits per heavy atom. The van der Waals surface area contributed by atoms with Crippen LogP contribution in [0.4, 0.5) is 0 Å². The van der Waals surface area contributed by atoms with Crippen LogP contribution in [0.3, 0.4) is 0 Å². The van der Waals surface area contributed by atoms with Crippen molar-refractivity contribution in [2.45, 2.75) is 52.2 Å². The summed E-state index contributed by atoms with van der Waals surface area (Å²) in [5.74, 6) is -0.0257. The van der Waals surface area contributed by atoms with Gasteiger partial charge in [-0.25, -0.2) is 9.89 Å². The van der Waals surface area contributed by atoms with E-state index in [0.717, 1.165) is 0 Å². The molecular weight excluding hydrogens is 432 g/mol. The van der Waals surface area contributed by atoms with E-state index in [2.05, 4.69) is 79.5 Å². The molecule has 0 aliphatic heterocycles. The fourth-order valence-corrected chi connectivity index (χ4v) is 8.67. The molecule has 0 fully saturated rings. The van der Waals surface area contributed by atoms with Gasteiger partial charge >= 0.3 is 5.97 Å². The minimum Gasteiger partial charge on any atom is -0.475 e. The van der Waals surface area contributed by atoms with Crippen molar-refractivity contribution < 1.29 is 18.7 Å². The van der Waals surface area contributed by atoms with Crippen molar-refractivity contribution >= 4 is 24.7 Å². The third kappa shape index (κ3) is 5.72. The van der Waals surface area contributed by atoms with Crippen LogP contribution >= 0.6 is 0 Å². The van der Waals surface area contributed by atoms with Crippen molar-refractivity contribution in [2.24, 2.45) is 0 Å². The quantitative estimate of drug-likeness (QED) is 0.356. The topological polar surface area (TPSA) is 73.4 Å². The van der Waals surface area contributed by atoms with Gasteiger partial charge in [0.15, 0.2) is 5.69 Å². The highest BCUT2D eigenvalue weighted by atomic mass is 28.4. The molecule has 0 spiro atoms. The zero-order chi connectivity index (χ0) is 23.9. The average molecular weight is 467 g/mol. The van der Waals surface area contributed by atoms with Crippen LogP contribution in [0, 0.1) is 0 Å². The number of nitrogens with one attached hydrogen (secondary N) is 1. The van der Waals surface area contributed by atoms with Gasteiger partial charge in [-0.1, -0.05) is 81.4 Å². The molecule has 3 rings (SSSR count). The van der Waals surface area contributed by atoms with Crippen LogP contribution in [0.2, 0.25) is 5.04 Å². The summed E-state index contributed by atoms with van der Waals surface area (Å²) in [7, 11) is -2.57. The van der Waals surface area contributed by atoms with Crippen LogP contribution in [0.5, 0.6) is 5.88 Å². The highest BCUT2D eigenvalue weighted by Crippen LogP contribution is 2.36. The zero-order valence-electron chi connectivity index (χ0n) is 20.1. The van der Waals surface area contributed by atoms with Gasteiger partial charge in [0.1, 0.15) is 0 Å². The number of ether oxygens (including phenoxy) is 2. The van der Waals surface area contributed by atoms with Crippen molar-refractivity contribution in [3.63, 3.8) is 0 Å². The smallest absolute Gasteiger partial charge is 0.358 e. The van der Waals surface area contributed by atoms with Crippen molar-refractivity contribution in [1.29, 1.82) is 0 Å². The minimum atomic E-state index is -2.57. The van der Waals surface area contributed by atoms with E-state index < -0.39 is 14.3 Å². The van der Waals surface area contributed by atoms with E-state index in [9.17, 15) is 4.79 Å². The predicted molar refractivity (Wildman–Crippen MR) is 133 cm³/mol. The molecule has 0 amide bonds. The first-order chi connectivity index (χ1) is 15.8. The molecule has 176 valence electrons. The molecule has 1 unspecified atom stereocenters. The molecule has 1 atom stereocenters. The largest absolute Gasteiger partial charge is 0.475 e. The molecule has 33 heavy (non-hydrogen) atoms. The van der Waals surface area contributed by atoms with Gasteiger partial charge in [-0.3, -0.25) is 0 Å². The Morgan fingerprint density at radius 3 is 2.12 bits per heavy atom. The molecule has 0 saturated carbocycles. The summed E-state index contributed by atoms with van der Waals surface area (Å²) < 4.78 is 17.8. The molecule has 1 N–H and O–H groups in total. The first-order valence-corrected chi connectivity index (χ1v) is 13.3. The van der Waals surface area contributed by atoms with Crippen LogP contribution in [-0.2, 0) is 9.16 Å². The van der Waals surface area contributed by atoms with Gasteiger partial charge in [-0.15, -0.1) is 0 Å². The third-order valence-electron chi connectivity index (χ3n) is 5.63. The van der Waals surface area contributed by atoms with Crippen molar-refractivity contribution in [1.82, 2.24) is 10.2 Å². The summed E-state index contributed by atoms with van der Waals surface area (Å²) in [4.78, 5) is 11.8. The van der Waals surface area contributed by atoms with Crippen molar-refractivity contribution in [3.05, 3.63) is 72.4 Å². The summed E-state index contributed by atoms with van der Waals surface area (Å²) in [6.07, 6.45) is 0.567. The number of H-pyrrole nitrogens is 1. The van der Waals surface area contributed by atoms with E-state index in [0.29, 0.717) is 25.5 Å². The van der Waals surface area contributed by atoms with E-state index in [-0.39, 0.29) is 16.8 Å². The predicted octanol–water partition coefficient (Wildman–Crippen LogP) is 4.32. The third-order valence-corrected chi connectivity index (χ3v) is 10.7. The van der Waals surface area contributed by atoms with Gasteiger partial charge in [0.05, 0.1) is 12.7 Å². The van der Waals surface area contributed by atoms with Crippen molar-refractivity contribution in [3.8, 4) is 5.88 Å². The van der Waals surface area contributed by atoms with Crippen LogP contribution in [0.25, 0.3) is 0 Å². The van der Waals surface area contributed by atoms with Gasteiger partial charge in [0, 0.05) is 19.1 Å². The lowest BCUT2D eigenvalue weighted by Crippen LogP contribution is -2.66. The number of esters is 1. The second-order valence-corrected chi connectivity index (χ2v) is 13.4. The summed E-state index contributed by atoms with van der Waals surface area (Å²) >= 11 is 0. The number of carbonyl (C=O) groups is 1. The van der Waals surface area contributed by atoms with Crippen LogP contribution in [-0.4, -0.2) is 43.8 Å². The summed E-state index contributed by atoms with van der Waals surface area (Å²) in [6.45, 7) is 11.4. The molecule has 3 aromatic rings. The Balaban J connectivity index is 1.75. The lowest BCUT2D eigenvalue weighted by atomic mass is 10.2. The Hall–Kier alpha value is -2.90. The highest BCUT2D eigenvalue weighted by Gasteiger charge is 2.50. The van der Waals surface area contributed by atoms with Crippen LogP contribution < -0.4 is 15.1 Å². The van der Waals surface area contributed by atoms with E-state index in [4.69, 9.17) is 13.9 Å². The summed E-state index contributed by atoms with van der Waals surface area (Å²) in [5, 5.41) is 9.16. The molecule has 7 heteroatoms. The Kier molecular flexibility index (Phi) is 8.10. The number of carbonyl (C=O) groups excluding carboxylic acids is 1. The fourth-order valence-electron chi connectivity index (χ4n) is 4.09. The van der Waals surface area contributed by atoms with Gasteiger partial charge < -0.3 is 13.9 Å². The maximum Gasteiger partial charge on any atom is 0.358 e. The molecule has 0 radical (unpaired) electrons. The molecule has 0 saturated heterocycles. The minimum absolute atomic E-state index is 0.0717. The van der Waals surface area contributed by atoms with E-state index in [1.54, 1.807) is 13.0 Å². The summed E-state index contributed by atoms with van der Waals surface area (Å²) in [6, 6.07) is 22.7. The van der Waals surface area contributed by atoms with Gasteiger partial charge in [-0.05, 0) is 29.3 Å². The number of hydrogen-bond acceptors (Lipinski definition) is 5. The Labute approximate surface area is 197 Å². The highest BCUT2D eigenvalue weighted by molar-refractivity contribution is 6.99. The van der Waals surface area contributed by atoms with Crippen LogP contribution in [0.1, 0.15) is 51.5 Å². The number of hydrogen-bond donors (Lipinski definition) is 1. The molecule has 0 aliphatic rings. The number of rotatable bonds is 10. The van der Waals surface area contributed by atoms with E-state index in [1.165, 1.54) is 10.4 Å². The first-order valence-electron chi connectivity index (χ1n) is 11.4. The average Bonchev–Trinajstić information content (AvgIpc) is 3.26. The van der Waals surface area contributed by atoms with E-state index in [1.807, 2.05) is 19.1 Å². The number of aromatic amines is 1. The normalized spacial score (nSPS) is 12.9. The molecule has 6 nitrogen and oxygen atoms in total. The SMILES string of the molecule is CCOC(=O)c1cc(OC(C)CCO[Si](c2ccccc2)(c2ccccc2)C(C)(C)C)[nH]n1. The Morgan fingerprint density at radius 2 is 1.61 bits per heavy atom. The second kappa shape index (κ2) is 10.8. The summed E-state index contributed by atoms with van der Waals surface area (Å²) in [5.41, 5.74) is 0.211. The molecule has 2 aromatic carbocycles. The second-order valence-electron chi connectivity index (χ2n) is 9.07. The molecule has 1 heterocycles. The molecule has 1 aromatic heterocycles. The first kappa shape index (κ1) is 24.7. The zero-order valence-corrected chi connectivity index (χ0v) is 21.1. The number of aromatic nitrogens is 2. The lowest BCUT2D eigenvalue weighted by molar-refractivity contribution is 0.0519. The van der Waals surface area contributed by atoms with E-state index >= 15 is 0 Å². The Bertz CT molecular complexity index is 976. The fraction of sp³-hybridized carbons (Fsp3) is 0.385. The molecule has 0 aliphatic carbocycles. The number of benzene rings is 2. The monoisotopic (exact) mass is 466 g/mol. The molecular formula is C26H34N2O4Si. The molecule has 0 bridgehead atoms. The maximum absolute atomic E-state index is 11.8. The number of nitrogens with zero attached hydrogens (tertiary/aromatic N) is 1. The van der Waals surface area contributed by atoms with Crippen molar-refractivity contribution in [2.75, 3.05) is 13.2 Å². The van der Waals surface area contributed by atoms with Gasteiger partial charge in [0.25, 0.3) is 8.32 Å². The van der Waals surface area contributed by atoms with Gasteiger partial charge in [0.2, 0.25) is 5.88 Å². The van der Waals surface area contributed by atoms with Gasteiger partial charge in [-0.2, -0.15) is 5.10 Å².